The van der Waals surface area contributed by atoms with Crippen molar-refractivity contribution in [1.82, 2.24) is 4.98 Å². The third-order valence-corrected chi connectivity index (χ3v) is 2.37. The summed E-state index contributed by atoms with van der Waals surface area (Å²) in [6.07, 6.45) is -0.343. The number of rotatable bonds is 6. The smallest absolute Gasteiger partial charge is 0.128 e. The van der Waals surface area contributed by atoms with E-state index >= 15 is 0 Å². The molecule has 0 aromatic carbocycles. The lowest BCUT2D eigenvalue weighted by Gasteiger charge is -2.15. The summed E-state index contributed by atoms with van der Waals surface area (Å²) in [6, 6.07) is 5.76. The molecule has 3 N–H and O–H groups in total. The Bertz CT molecular complexity index is 315. The van der Waals surface area contributed by atoms with Crippen LogP contribution in [0, 0.1) is 5.92 Å². The van der Waals surface area contributed by atoms with Crippen LogP contribution in [0.4, 0.5) is 11.6 Å². The zero-order chi connectivity index (χ0) is 12.0. The molecule has 1 aromatic rings. The molecule has 4 nitrogen and oxygen atoms in total. The summed E-state index contributed by atoms with van der Waals surface area (Å²) in [5.74, 6) is 1.90. The molecule has 0 spiro atoms. The van der Waals surface area contributed by atoms with Crippen LogP contribution in [0.25, 0.3) is 0 Å². The van der Waals surface area contributed by atoms with Crippen LogP contribution in [0.1, 0.15) is 20.8 Å². The second-order valence-corrected chi connectivity index (χ2v) is 4.13. The number of nitrogens with zero attached hydrogens (tertiary/aromatic N) is 1. The average molecular weight is 223 g/mol. The van der Waals surface area contributed by atoms with Gasteiger partial charge in [-0.3, -0.25) is 0 Å². The molecule has 1 heterocycles. The fraction of sp³-hybridized carbons (Fsp3) is 0.583. The molecule has 0 aliphatic carbocycles. The van der Waals surface area contributed by atoms with Crippen molar-refractivity contribution in [3.8, 4) is 0 Å². The van der Waals surface area contributed by atoms with E-state index in [0.29, 0.717) is 6.54 Å². The van der Waals surface area contributed by atoms with Crippen LogP contribution in [0.3, 0.4) is 0 Å². The van der Waals surface area contributed by atoms with E-state index < -0.39 is 0 Å². The molecule has 0 aliphatic rings. The molecule has 4 heteroatoms. The zero-order valence-corrected chi connectivity index (χ0v) is 10.2. The van der Waals surface area contributed by atoms with E-state index in [9.17, 15) is 5.11 Å². The molecular formula is C12H21N3O. The van der Waals surface area contributed by atoms with E-state index in [2.05, 4.69) is 15.6 Å². The van der Waals surface area contributed by atoms with Crippen molar-refractivity contribution in [3.05, 3.63) is 18.2 Å². The molecule has 0 radical (unpaired) electrons. The van der Waals surface area contributed by atoms with E-state index in [1.54, 1.807) is 0 Å². The Morgan fingerprint density at radius 1 is 1.25 bits per heavy atom. The van der Waals surface area contributed by atoms with Crippen molar-refractivity contribution in [3.63, 3.8) is 0 Å². The molecule has 0 amide bonds. The molecular weight excluding hydrogens is 202 g/mol. The van der Waals surface area contributed by atoms with Crippen molar-refractivity contribution in [2.45, 2.75) is 26.9 Å². The Morgan fingerprint density at radius 3 is 2.44 bits per heavy atom. The minimum Gasteiger partial charge on any atom is -0.391 e. The topological polar surface area (TPSA) is 57.2 Å². The second kappa shape index (κ2) is 6.33. The predicted octanol–water partition coefficient (Wildman–Crippen LogP) is 1.94. The lowest BCUT2D eigenvalue weighted by Crippen LogP contribution is -2.25. The average Bonchev–Trinajstić information content (AvgIpc) is 2.26. The second-order valence-electron chi connectivity index (χ2n) is 4.13. The first kappa shape index (κ1) is 12.8. The van der Waals surface area contributed by atoms with Crippen molar-refractivity contribution in [2.75, 3.05) is 23.7 Å². The zero-order valence-electron chi connectivity index (χ0n) is 10.2. The first-order valence-electron chi connectivity index (χ1n) is 5.76. The van der Waals surface area contributed by atoms with Gasteiger partial charge >= 0.3 is 0 Å². The number of hydrogen-bond acceptors (Lipinski definition) is 4. The van der Waals surface area contributed by atoms with E-state index in [1.165, 1.54) is 0 Å². The van der Waals surface area contributed by atoms with Gasteiger partial charge < -0.3 is 15.7 Å². The SMILES string of the molecule is CCNc1cccc(NCC(O)C(C)C)n1. The summed E-state index contributed by atoms with van der Waals surface area (Å²) in [6.45, 7) is 7.40. The van der Waals surface area contributed by atoms with Gasteiger partial charge in [0.2, 0.25) is 0 Å². The van der Waals surface area contributed by atoms with E-state index in [4.69, 9.17) is 0 Å². The van der Waals surface area contributed by atoms with Gasteiger partial charge in [-0.1, -0.05) is 19.9 Å². The quantitative estimate of drug-likeness (QED) is 0.690. The molecule has 1 aromatic heterocycles. The molecule has 1 rings (SSSR count). The minimum atomic E-state index is -0.343. The van der Waals surface area contributed by atoms with Gasteiger partial charge in [-0.05, 0) is 25.0 Å². The molecule has 1 atom stereocenters. The number of nitrogens with one attached hydrogen (secondary N) is 2. The highest BCUT2D eigenvalue weighted by molar-refractivity contribution is 5.44. The number of aliphatic hydroxyl groups is 1. The predicted molar refractivity (Wildman–Crippen MR) is 67.7 cm³/mol. The highest BCUT2D eigenvalue weighted by atomic mass is 16.3. The van der Waals surface area contributed by atoms with Crippen LogP contribution in [-0.2, 0) is 0 Å². The van der Waals surface area contributed by atoms with Crippen molar-refractivity contribution in [2.24, 2.45) is 5.92 Å². The van der Waals surface area contributed by atoms with Crippen molar-refractivity contribution >= 4 is 11.6 Å². The molecule has 0 fully saturated rings. The molecule has 0 saturated heterocycles. The lowest BCUT2D eigenvalue weighted by molar-refractivity contribution is 0.138. The van der Waals surface area contributed by atoms with Gasteiger partial charge in [-0.25, -0.2) is 4.98 Å². The summed E-state index contributed by atoms with van der Waals surface area (Å²) in [5.41, 5.74) is 0. The summed E-state index contributed by atoms with van der Waals surface area (Å²) < 4.78 is 0. The molecule has 1 unspecified atom stereocenters. The Balaban J connectivity index is 2.50. The Labute approximate surface area is 97.1 Å². The summed E-state index contributed by atoms with van der Waals surface area (Å²) in [4.78, 5) is 4.36. The normalized spacial score (nSPS) is 12.6. The van der Waals surface area contributed by atoms with Crippen molar-refractivity contribution < 1.29 is 5.11 Å². The van der Waals surface area contributed by atoms with Gasteiger partial charge in [-0.2, -0.15) is 0 Å². The van der Waals surface area contributed by atoms with Gasteiger partial charge in [-0.15, -0.1) is 0 Å². The molecule has 16 heavy (non-hydrogen) atoms. The van der Waals surface area contributed by atoms with E-state index in [0.717, 1.165) is 18.2 Å². The van der Waals surface area contributed by atoms with Crippen molar-refractivity contribution in [1.29, 1.82) is 0 Å². The molecule has 0 aliphatic heterocycles. The number of aromatic nitrogens is 1. The van der Waals surface area contributed by atoms with Crippen LogP contribution in [-0.4, -0.2) is 29.3 Å². The third kappa shape index (κ3) is 4.06. The first-order valence-corrected chi connectivity index (χ1v) is 5.76. The van der Waals surface area contributed by atoms with Crippen LogP contribution in [0.2, 0.25) is 0 Å². The molecule has 0 saturated carbocycles. The fourth-order valence-electron chi connectivity index (χ4n) is 1.26. The van der Waals surface area contributed by atoms with Crippen LogP contribution >= 0.6 is 0 Å². The number of hydrogen-bond donors (Lipinski definition) is 3. The van der Waals surface area contributed by atoms with E-state index in [1.807, 2.05) is 39.0 Å². The number of pyridine rings is 1. The maximum atomic E-state index is 9.65. The van der Waals surface area contributed by atoms with Crippen LogP contribution in [0.5, 0.6) is 0 Å². The van der Waals surface area contributed by atoms with Gasteiger partial charge in [0.1, 0.15) is 11.6 Å². The van der Waals surface area contributed by atoms with E-state index in [-0.39, 0.29) is 12.0 Å². The fourth-order valence-corrected chi connectivity index (χ4v) is 1.26. The maximum absolute atomic E-state index is 9.65. The van der Waals surface area contributed by atoms with Crippen LogP contribution in [0.15, 0.2) is 18.2 Å². The number of anilines is 2. The largest absolute Gasteiger partial charge is 0.391 e. The summed E-state index contributed by atoms with van der Waals surface area (Å²) in [5, 5.41) is 15.9. The van der Waals surface area contributed by atoms with Gasteiger partial charge in [0.25, 0.3) is 0 Å². The third-order valence-electron chi connectivity index (χ3n) is 2.37. The summed E-state index contributed by atoms with van der Waals surface area (Å²) >= 11 is 0. The summed E-state index contributed by atoms with van der Waals surface area (Å²) in [7, 11) is 0. The highest BCUT2D eigenvalue weighted by Crippen LogP contribution is 2.09. The highest BCUT2D eigenvalue weighted by Gasteiger charge is 2.08. The molecule has 90 valence electrons. The van der Waals surface area contributed by atoms with Gasteiger partial charge in [0.05, 0.1) is 6.10 Å². The van der Waals surface area contributed by atoms with Gasteiger partial charge in [0.15, 0.2) is 0 Å². The minimum absolute atomic E-state index is 0.254. The Kier molecular flexibility index (Phi) is 5.05. The number of aliphatic hydroxyl groups excluding tert-OH is 1. The monoisotopic (exact) mass is 223 g/mol. The van der Waals surface area contributed by atoms with Crippen LogP contribution < -0.4 is 10.6 Å². The first-order chi connectivity index (χ1) is 7.63. The molecule has 0 bridgehead atoms. The standard InChI is InChI=1S/C12H21N3O/c1-4-13-11-6-5-7-12(15-11)14-8-10(16)9(2)3/h5-7,9-10,16H,4,8H2,1-3H3,(H2,13,14,15). The lowest BCUT2D eigenvalue weighted by atomic mass is 10.1. The Hall–Kier alpha value is -1.29. The van der Waals surface area contributed by atoms with Gasteiger partial charge in [0, 0.05) is 13.1 Å². The maximum Gasteiger partial charge on any atom is 0.128 e. The Morgan fingerprint density at radius 2 is 1.88 bits per heavy atom.